The Morgan fingerprint density at radius 1 is 1.50 bits per heavy atom. The van der Waals surface area contributed by atoms with Crippen molar-refractivity contribution in [3.05, 3.63) is 30.2 Å². The Hall–Kier alpha value is -3.41. The third-order valence-electron chi connectivity index (χ3n) is 2.60. The van der Waals surface area contributed by atoms with Crippen LogP contribution in [0.25, 0.3) is 5.57 Å². The number of nitriles is 1. The normalized spacial score (nSPS) is 10.7. The van der Waals surface area contributed by atoms with E-state index in [1.54, 1.807) is 18.2 Å². The van der Waals surface area contributed by atoms with Crippen molar-refractivity contribution in [2.24, 2.45) is 0 Å². The van der Waals surface area contributed by atoms with Crippen LogP contribution in [-0.2, 0) is 4.79 Å². The van der Waals surface area contributed by atoms with Gasteiger partial charge in [-0.3, -0.25) is 4.79 Å². The molecule has 0 unspecified atom stereocenters. The van der Waals surface area contributed by atoms with Crippen molar-refractivity contribution in [3.63, 3.8) is 0 Å². The van der Waals surface area contributed by atoms with Gasteiger partial charge in [0.25, 0.3) is 0 Å². The molecular weight excluding hydrogens is 286 g/mol. The molecule has 1 amide bonds. The highest BCUT2D eigenvalue weighted by atomic mass is 16.5. The van der Waals surface area contributed by atoms with Gasteiger partial charge in [-0.05, 0) is 23.4 Å². The highest BCUT2D eigenvalue weighted by Gasteiger charge is 2.08. The Bertz CT molecular complexity index is 731. The number of aromatic amines is 1. The SMILES string of the molecule is COc1ccc(NC(C)=O)cc1NC=C(C#N)c1nn[nH]n1. The lowest BCUT2D eigenvalue weighted by Gasteiger charge is -2.11. The van der Waals surface area contributed by atoms with Gasteiger partial charge in [0.2, 0.25) is 11.7 Å². The minimum Gasteiger partial charge on any atom is -0.495 e. The molecule has 1 heterocycles. The Morgan fingerprint density at radius 3 is 2.91 bits per heavy atom. The van der Waals surface area contributed by atoms with Gasteiger partial charge < -0.3 is 15.4 Å². The van der Waals surface area contributed by atoms with Gasteiger partial charge in [-0.15, -0.1) is 10.2 Å². The number of carbonyl (C=O) groups is 1. The zero-order valence-corrected chi connectivity index (χ0v) is 11.9. The molecule has 0 saturated heterocycles. The Morgan fingerprint density at radius 2 is 2.32 bits per heavy atom. The van der Waals surface area contributed by atoms with Crippen LogP contribution in [0.5, 0.6) is 5.75 Å². The number of aromatic nitrogens is 4. The van der Waals surface area contributed by atoms with Crippen molar-refractivity contribution in [2.45, 2.75) is 6.92 Å². The van der Waals surface area contributed by atoms with Crippen molar-refractivity contribution in [3.8, 4) is 11.8 Å². The molecule has 2 aromatic rings. The maximum Gasteiger partial charge on any atom is 0.221 e. The van der Waals surface area contributed by atoms with Crippen LogP contribution in [0.15, 0.2) is 24.4 Å². The number of hydrogen-bond donors (Lipinski definition) is 3. The van der Waals surface area contributed by atoms with Crippen LogP contribution in [0.2, 0.25) is 0 Å². The minimum absolute atomic E-state index is 0.173. The molecule has 0 fully saturated rings. The van der Waals surface area contributed by atoms with Gasteiger partial charge >= 0.3 is 0 Å². The highest BCUT2D eigenvalue weighted by molar-refractivity contribution is 5.89. The summed E-state index contributed by atoms with van der Waals surface area (Å²) in [5.74, 6) is 0.541. The van der Waals surface area contributed by atoms with Crippen LogP contribution in [0, 0.1) is 11.3 Å². The number of ether oxygens (including phenoxy) is 1. The first-order chi connectivity index (χ1) is 10.6. The number of hydrogen-bond acceptors (Lipinski definition) is 7. The molecule has 0 radical (unpaired) electrons. The maximum absolute atomic E-state index is 11.1. The fourth-order valence-corrected chi connectivity index (χ4v) is 1.67. The van der Waals surface area contributed by atoms with Crippen LogP contribution < -0.4 is 15.4 Å². The monoisotopic (exact) mass is 299 g/mol. The molecule has 0 spiro atoms. The summed E-state index contributed by atoms with van der Waals surface area (Å²) in [5, 5.41) is 27.8. The molecule has 0 bridgehead atoms. The van der Waals surface area contributed by atoms with E-state index < -0.39 is 0 Å². The third kappa shape index (κ3) is 3.57. The topological polar surface area (TPSA) is 129 Å². The van der Waals surface area contributed by atoms with Gasteiger partial charge in [0.1, 0.15) is 17.4 Å². The zero-order chi connectivity index (χ0) is 15.9. The van der Waals surface area contributed by atoms with Crippen LogP contribution in [0.4, 0.5) is 11.4 Å². The summed E-state index contributed by atoms with van der Waals surface area (Å²) in [7, 11) is 1.52. The van der Waals surface area contributed by atoms with Gasteiger partial charge in [-0.2, -0.15) is 10.5 Å². The number of nitrogens with zero attached hydrogens (tertiary/aromatic N) is 4. The molecular formula is C13H13N7O2. The number of rotatable bonds is 5. The smallest absolute Gasteiger partial charge is 0.221 e. The van der Waals surface area contributed by atoms with Crippen LogP contribution in [0.3, 0.4) is 0 Å². The molecule has 3 N–H and O–H groups in total. The molecule has 22 heavy (non-hydrogen) atoms. The number of benzene rings is 1. The summed E-state index contributed by atoms with van der Waals surface area (Å²) >= 11 is 0. The lowest BCUT2D eigenvalue weighted by Crippen LogP contribution is -2.06. The number of amides is 1. The fraction of sp³-hybridized carbons (Fsp3) is 0.154. The molecule has 0 atom stereocenters. The van der Waals surface area contributed by atoms with Crippen molar-refractivity contribution in [2.75, 3.05) is 17.7 Å². The van der Waals surface area contributed by atoms with E-state index in [-0.39, 0.29) is 17.3 Å². The summed E-state index contributed by atoms with van der Waals surface area (Å²) in [6, 6.07) is 7.05. The second-order valence-electron chi connectivity index (χ2n) is 4.15. The molecule has 0 saturated carbocycles. The molecule has 0 aliphatic rings. The van der Waals surface area contributed by atoms with E-state index in [1.165, 1.54) is 20.2 Å². The number of carbonyl (C=O) groups excluding carboxylic acids is 1. The Kier molecular flexibility index (Phi) is 4.66. The van der Waals surface area contributed by atoms with Gasteiger partial charge in [0.15, 0.2) is 0 Å². The standard InChI is InChI=1S/C13H13N7O2/c1-8(21)16-10-3-4-12(22-2)11(5-10)15-7-9(6-14)13-17-19-20-18-13/h3-5,7,15H,1-2H3,(H,16,21)(H,17,18,19,20). The number of nitrogens with one attached hydrogen (secondary N) is 3. The number of allylic oxidation sites excluding steroid dienone is 1. The summed E-state index contributed by atoms with van der Waals surface area (Å²) in [6.45, 7) is 1.42. The summed E-state index contributed by atoms with van der Waals surface area (Å²) in [5.41, 5.74) is 1.37. The summed E-state index contributed by atoms with van der Waals surface area (Å²) in [4.78, 5) is 11.1. The van der Waals surface area contributed by atoms with Crippen LogP contribution >= 0.6 is 0 Å². The predicted molar refractivity (Wildman–Crippen MR) is 78.7 cm³/mol. The van der Waals surface area contributed by atoms with Gasteiger partial charge in [-0.1, -0.05) is 0 Å². The van der Waals surface area contributed by atoms with E-state index in [9.17, 15) is 4.79 Å². The number of methoxy groups -OCH3 is 1. The number of anilines is 2. The summed E-state index contributed by atoms with van der Waals surface area (Å²) < 4.78 is 5.22. The highest BCUT2D eigenvalue weighted by Crippen LogP contribution is 2.28. The van der Waals surface area contributed by atoms with E-state index in [4.69, 9.17) is 10.00 Å². The average Bonchev–Trinajstić information content (AvgIpc) is 3.02. The zero-order valence-electron chi connectivity index (χ0n) is 11.9. The third-order valence-corrected chi connectivity index (χ3v) is 2.60. The predicted octanol–water partition coefficient (Wildman–Crippen LogP) is 1.14. The Balaban J connectivity index is 2.27. The van der Waals surface area contributed by atoms with Crippen molar-refractivity contribution in [1.29, 1.82) is 5.26 Å². The first kappa shape index (κ1) is 15.0. The van der Waals surface area contributed by atoms with E-state index >= 15 is 0 Å². The molecule has 0 aliphatic heterocycles. The number of tetrazole rings is 1. The maximum atomic E-state index is 11.1. The molecule has 112 valence electrons. The molecule has 2 rings (SSSR count). The van der Waals surface area contributed by atoms with E-state index in [2.05, 4.69) is 31.3 Å². The van der Waals surface area contributed by atoms with Crippen LogP contribution in [-0.4, -0.2) is 33.6 Å². The van der Waals surface area contributed by atoms with Crippen LogP contribution in [0.1, 0.15) is 12.7 Å². The first-order valence-electron chi connectivity index (χ1n) is 6.20. The molecule has 9 heteroatoms. The molecule has 0 aliphatic carbocycles. The summed E-state index contributed by atoms with van der Waals surface area (Å²) in [6.07, 6.45) is 1.43. The lowest BCUT2D eigenvalue weighted by molar-refractivity contribution is -0.114. The largest absolute Gasteiger partial charge is 0.495 e. The molecule has 1 aromatic carbocycles. The quantitative estimate of drug-likeness (QED) is 0.706. The van der Waals surface area contributed by atoms with Gasteiger partial charge in [-0.25, -0.2) is 0 Å². The van der Waals surface area contributed by atoms with E-state index in [1.807, 2.05) is 6.07 Å². The second-order valence-corrected chi connectivity index (χ2v) is 4.15. The van der Waals surface area contributed by atoms with E-state index in [0.717, 1.165) is 0 Å². The molecule has 9 nitrogen and oxygen atoms in total. The van der Waals surface area contributed by atoms with Crippen molar-refractivity contribution in [1.82, 2.24) is 20.6 Å². The Labute approximate surface area is 126 Å². The fourth-order valence-electron chi connectivity index (χ4n) is 1.67. The molecule has 1 aromatic heterocycles. The minimum atomic E-state index is -0.184. The lowest BCUT2D eigenvalue weighted by atomic mass is 10.2. The van der Waals surface area contributed by atoms with Gasteiger partial charge in [0, 0.05) is 18.8 Å². The second kappa shape index (κ2) is 6.85. The first-order valence-corrected chi connectivity index (χ1v) is 6.20. The van der Waals surface area contributed by atoms with Gasteiger partial charge in [0.05, 0.1) is 12.8 Å². The van der Waals surface area contributed by atoms with Crippen molar-refractivity contribution < 1.29 is 9.53 Å². The number of H-pyrrole nitrogens is 1. The van der Waals surface area contributed by atoms with E-state index in [0.29, 0.717) is 17.1 Å². The van der Waals surface area contributed by atoms with Crippen molar-refractivity contribution >= 4 is 22.9 Å². The average molecular weight is 299 g/mol.